The number of benzene rings is 1. The van der Waals surface area contributed by atoms with E-state index in [0.29, 0.717) is 10.7 Å². The summed E-state index contributed by atoms with van der Waals surface area (Å²) >= 11 is 6.10. The molecule has 9 heteroatoms. The van der Waals surface area contributed by atoms with Crippen LogP contribution in [0.15, 0.2) is 23.3 Å². The number of methoxy groups -OCH3 is 1. The first-order chi connectivity index (χ1) is 12.2. The molecule has 1 aromatic rings. The second-order valence-corrected chi connectivity index (χ2v) is 6.63. The lowest BCUT2D eigenvalue weighted by molar-refractivity contribution is -0.141. The summed E-state index contributed by atoms with van der Waals surface area (Å²) in [5.41, 5.74) is -0.522. The van der Waals surface area contributed by atoms with Gasteiger partial charge in [-0.25, -0.2) is 14.7 Å². The number of ether oxygens (including phenoxy) is 1. The molecular weight excluding hydrogens is 362 g/mol. The molecule has 0 aromatic heterocycles. The van der Waals surface area contributed by atoms with Gasteiger partial charge in [0, 0.05) is 18.4 Å². The average Bonchev–Trinajstić information content (AvgIpc) is 3.08. The maximum Gasteiger partial charge on any atom is 0.354 e. The Hall–Kier alpha value is -2.74. The standard InChI is InChI=1S/C17H16ClN3O5/c1-9-4-5-11(6-12(9)18)20-14(23)8-17(16(20)25)7-13(15(24)26-3)19-21(17)10(2)22/h4-6H,7-8H2,1-3H3/t17-/m1/s1. The lowest BCUT2D eigenvalue weighted by Gasteiger charge is -2.29. The Balaban J connectivity index is 2.03. The normalized spacial score (nSPS) is 22.2. The monoisotopic (exact) mass is 377 g/mol. The molecule has 2 heterocycles. The highest BCUT2D eigenvalue weighted by molar-refractivity contribution is 6.39. The van der Waals surface area contributed by atoms with E-state index in [9.17, 15) is 19.2 Å². The predicted molar refractivity (Wildman–Crippen MR) is 92.6 cm³/mol. The molecule has 2 aliphatic rings. The van der Waals surface area contributed by atoms with E-state index in [-0.39, 0.29) is 18.6 Å². The van der Waals surface area contributed by atoms with Crippen molar-refractivity contribution in [3.8, 4) is 0 Å². The molecule has 26 heavy (non-hydrogen) atoms. The third-order valence-electron chi connectivity index (χ3n) is 4.51. The van der Waals surface area contributed by atoms with Gasteiger partial charge in [-0.2, -0.15) is 5.10 Å². The minimum Gasteiger partial charge on any atom is -0.464 e. The van der Waals surface area contributed by atoms with Crippen LogP contribution in [0, 0.1) is 6.92 Å². The number of halogens is 1. The highest BCUT2D eigenvalue weighted by atomic mass is 35.5. The van der Waals surface area contributed by atoms with Crippen molar-refractivity contribution < 1.29 is 23.9 Å². The maximum atomic E-state index is 13.2. The summed E-state index contributed by atoms with van der Waals surface area (Å²) in [5.74, 6) is -2.41. The van der Waals surface area contributed by atoms with E-state index in [4.69, 9.17) is 11.6 Å². The van der Waals surface area contributed by atoms with Crippen molar-refractivity contribution in [1.29, 1.82) is 0 Å². The number of hydrazone groups is 1. The number of hydrogen-bond donors (Lipinski definition) is 0. The van der Waals surface area contributed by atoms with Crippen molar-refractivity contribution in [2.45, 2.75) is 32.2 Å². The molecule has 0 saturated carbocycles. The summed E-state index contributed by atoms with van der Waals surface area (Å²) in [5, 5.41) is 5.26. The molecule has 1 aromatic carbocycles. The van der Waals surface area contributed by atoms with Crippen LogP contribution in [0.3, 0.4) is 0 Å². The van der Waals surface area contributed by atoms with Gasteiger partial charge in [-0.15, -0.1) is 0 Å². The Bertz CT molecular complexity index is 881. The molecule has 0 radical (unpaired) electrons. The second-order valence-electron chi connectivity index (χ2n) is 6.22. The van der Waals surface area contributed by atoms with Crippen molar-refractivity contribution in [3.05, 3.63) is 28.8 Å². The van der Waals surface area contributed by atoms with Gasteiger partial charge < -0.3 is 4.74 Å². The molecule has 0 aliphatic carbocycles. The lowest BCUT2D eigenvalue weighted by Crippen LogP contribution is -2.51. The Labute approximate surface area is 154 Å². The summed E-state index contributed by atoms with van der Waals surface area (Å²) in [7, 11) is 1.18. The van der Waals surface area contributed by atoms with Gasteiger partial charge in [0.1, 0.15) is 5.71 Å². The van der Waals surface area contributed by atoms with Crippen molar-refractivity contribution >= 4 is 46.7 Å². The molecule has 1 fully saturated rings. The van der Waals surface area contributed by atoms with Gasteiger partial charge in [0.05, 0.1) is 19.2 Å². The number of anilines is 1. The van der Waals surface area contributed by atoms with Gasteiger partial charge in [-0.3, -0.25) is 14.4 Å². The van der Waals surface area contributed by atoms with Crippen LogP contribution in [-0.2, 0) is 23.9 Å². The summed E-state index contributed by atoms with van der Waals surface area (Å²) in [6.45, 7) is 3.01. The fourth-order valence-corrected chi connectivity index (χ4v) is 3.39. The number of carbonyl (C=O) groups is 4. The van der Waals surface area contributed by atoms with Crippen LogP contribution < -0.4 is 4.90 Å². The topological polar surface area (TPSA) is 96.3 Å². The van der Waals surface area contributed by atoms with Crippen LogP contribution in [0.25, 0.3) is 0 Å². The van der Waals surface area contributed by atoms with Crippen LogP contribution in [0.1, 0.15) is 25.3 Å². The van der Waals surface area contributed by atoms with Gasteiger partial charge >= 0.3 is 5.97 Å². The smallest absolute Gasteiger partial charge is 0.354 e. The SMILES string of the molecule is COC(=O)C1=NN(C(C)=O)[C@@]2(CC(=O)N(c3ccc(C)c(Cl)c3)C2=O)C1. The van der Waals surface area contributed by atoms with Crippen molar-refractivity contribution in [1.82, 2.24) is 5.01 Å². The molecule has 3 rings (SSSR count). The molecule has 2 aliphatic heterocycles. The highest BCUT2D eigenvalue weighted by Gasteiger charge is 2.61. The Morgan fingerprint density at radius 1 is 1.27 bits per heavy atom. The van der Waals surface area contributed by atoms with Gasteiger partial charge in [0.2, 0.25) is 11.8 Å². The lowest BCUT2D eigenvalue weighted by atomic mass is 9.91. The molecule has 0 unspecified atom stereocenters. The number of nitrogens with zero attached hydrogens (tertiary/aromatic N) is 3. The van der Waals surface area contributed by atoms with Crippen molar-refractivity contribution in [2.24, 2.45) is 5.10 Å². The van der Waals surface area contributed by atoms with E-state index in [0.717, 1.165) is 15.5 Å². The quantitative estimate of drug-likeness (QED) is 0.573. The number of carbonyl (C=O) groups excluding carboxylic acids is 4. The molecule has 0 bridgehead atoms. The van der Waals surface area contributed by atoms with Gasteiger partial charge in [-0.05, 0) is 24.6 Å². The number of aryl methyl sites for hydroxylation is 1. The van der Waals surface area contributed by atoms with E-state index < -0.39 is 29.2 Å². The third kappa shape index (κ3) is 2.57. The Morgan fingerprint density at radius 3 is 2.54 bits per heavy atom. The Morgan fingerprint density at radius 2 is 1.96 bits per heavy atom. The number of rotatable bonds is 2. The van der Waals surface area contributed by atoms with Gasteiger partial charge in [0.15, 0.2) is 5.54 Å². The molecule has 1 spiro atoms. The third-order valence-corrected chi connectivity index (χ3v) is 4.92. The minimum absolute atomic E-state index is 0.0763. The van der Waals surface area contributed by atoms with E-state index in [1.54, 1.807) is 19.1 Å². The number of amides is 3. The molecule has 1 atom stereocenters. The van der Waals surface area contributed by atoms with E-state index >= 15 is 0 Å². The number of imide groups is 1. The molecule has 136 valence electrons. The predicted octanol–water partition coefficient (Wildman–Crippen LogP) is 1.43. The summed E-state index contributed by atoms with van der Waals surface area (Å²) in [6, 6.07) is 4.81. The molecule has 8 nitrogen and oxygen atoms in total. The zero-order chi connectivity index (χ0) is 19.2. The first-order valence-electron chi connectivity index (χ1n) is 7.81. The summed E-state index contributed by atoms with van der Waals surface area (Å²) < 4.78 is 4.63. The fourth-order valence-electron chi connectivity index (χ4n) is 3.22. The zero-order valence-corrected chi connectivity index (χ0v) is 15.2. The summed E-state index contributed by atoms with van der Waals surface area (Å²) in [6.07, 6.45) is -0.458. The second kappa shape index (κ2) is 6.21. The molecule has 3 amide bonds. The first-order valence-corrected chi connectivity index (χ1v) is 8.19. The van der Waals surface area contributed by atoms with E-state index in [2.05, 4.69) is 9.84 Å². The largest absolute Gasteiger partial charge is 0.464 e. The van der Waals surface area contributed by atoms with Crippen LogP contribution in [0.5, 0.6) is 0 Å². The number of hydrogen-bond acceptors (Lipinski definition) is 6. The summed E-state index contributed by atoms with van der Waals surface area (Å²) in [4.78, 5) is 50.6. The van der Waals surface area contributed by atoms with E-state index in [1.807, 2.05) is 0 Å². The van der Waals surface area contributed by atoms with E-state index in [1.165, 1.54) is 20.1 Å². The van der Waals surface area contributed by atoms with Crippen LogP contribution in [0.2, 0.25) is 5.02 Å². The van der Waals surface area contributed by atoms with Crippen molar-refractivity contribution in [3.63, 3.8) is 0 Å². The Kier molecular flexibility index (Phi) is 4.31. The maximum absolute atomic E-state index is 13.2. The molecule has 0 N–H and O–H groups in total. The molecular formula is C17H16ClN3O5. The number of esters is 1. The highest BCUT2D eigenvalue weighted by Crippen LogP contribution is 2.41. The zero-order valence-electron chi connectivity index (χ0n) is 14.4. The first kappa shape index (κ1) is 18.1. The average molecular weight is 378 g/mol. The van der Waals surface area contributed by atoms with Crippen LogP contribution in [-0.4, -0.2) is 47.1 Å². The van der Waals surface area contributed by atoms with Crippen molar-refractivity contribution in [2.75, 3.05) is 12.0 Å². The van der Waals surface area contributed by atoms with Gasteiger partial charge in [0.25, 0.3) is 5.91 Å². The minimum atomic E-state index is -1.55. The van der Waals surface area contributed by atoms with Crippen LogP contribution in [0.4, 0.5) is 5.69 Å². The van der Waals surface area contributed by atoms with Gasteiger partial charge in [-0.1, -0.05) is 17.7 Å². The molecule has 1 saturated heterocycles. The fraction of sp³-hybridized carbons (Fsp3) is 0.353. The van der Waals surface area contributed by atoms with Crippen LogP contribution >= 0.6 is 11.6 Å².